The summed E-state index contributed by atoms with van der Waals surface area (Å²) in [5.41, 5.74) is 0.794. The smallest absolute Gasteiger partial charge is 0.221 e. The molecule has 2 aliphatic heterocycles. The number of hydrogen-bond acceptors (Lipinski definition) is 8. The van der Waals surface area contributed by atoms with Crippen molar-refractivity contribution in [1.82, 2.24) is 14.9 Å². The number of nitrogens with zero attached hydrogens (tertiary/aromatic N) is 3. The van der Waals surface area contributed by atoms with Crippen LogP contribution in [0.5, 0.6) is 5.88 Å². The lowest BCUT2D eigenvalue weighted by Gasteiger charge is -2.48. The molecule has 1 aromatic heterocycles. The average Bonchev–Trinajstić information content (AvgIpc) is 2.75. The van der Waals surface area contributed by atoms with Crippen LogP contribution in [-0.4, -0.2) is 67.5 Å². The van der Waals surface area contributed by atoms with E-state index in [0.717, 1.165) is 31.7 Å². The Hall–Kier alpha value is -2.30. The van der Waals surface area contributed by atoms with Crippen LogP contribution in [0.3, 0.4) is 0 Å². The molecule has 0 radical (unpaired) electrons. The predicted molar refractivity (Wildman–Crippen MR) is 128 cm³/mol. The number of piperidine rings is 1. The van der Waals surface area contributed by atoms with E-state index in [2.05, 4.69) is 34.0 Å². The van der Waals surface area contributed by atoms with Crippen molar-refractivity contribution in [3.8, 4) is 5.88 Å². The van der Waals surface area contributed by atoms with E-state index in [1.807, 2.05) is 6.92 Å². The lowest BCUT2D eigenvalue weighted by molar-refractivity contribution is -0.101. The number of benzene rings is 1. The number of nitrogens with one attached hydrogen (secondary N) is 1. The molecule has 0 amide bonds. The third-order valence-electron chi connectivity index (χ3n) is 6.53. The van der Waals surface area contributed by atoms with Crippen LogP contribution in [0.4, 0.5) is 15.9 Å². The predicted octanol–water partition coefficient (Wildman–Crippen LogP) is 3.73. The Morgan fingerprint density at radius 2 is 1.94 bits per heavy atom. The van der Waals surface area contributed by atoms with Crippen molar-refractivity contribution < 1.29 is 22.3 Å². The van der Waals surface area contributed by atoms with Crippen molar-refractivity contribution in [2.24, 2.45) is 5.92 Å². The van der Waals surface area contributed by atoms with Gasteiger partial charge in [0.25, 0.3) is 0 Å². The van der Waals surface area contributed by atoms with Crippen molar-refractivity contribution in [2.45, 2.75) is 63.1 Å². The second kappa shape index (κ2) is 10.1. The van der Waals surface area contributed by atoms with Crippen molar-refractivity contribution in [1.29, 1.82) is 0 Å². The highest BCUT2D eigenvalue weighted by molar-refractivity contribution is 7.90. The number of fused-ring (bicyclic) bond motifs is 2. The summed E-state index contributed by atoms with van der Waals surface area (Å²) in [5.74, 6) is 0.863. The zero-order valence-corrected chi connectivity index (χ0v) is 20.9. The minimum atomic E-state index is -3.49. The second-order valence-corrected chi connectivity index (χ2v) is 11.7. The first-order valence-electron chi connectivity index (χ1n) is 11.7. The third kappa shape index (κ3) is 5.67. The van der Waals surface area contributed by atoms with Gasteiger partial charge >= 0.3 is 0 Å². The minimum Gasteiger partial charge on any atom is -0.474 e. The van der Waals surface area contributed by atoms with E-state index >= 15 is 0 Å². The Kier molecular flexibility index (Phi) is 7.39. The first-order chi connectivity index (χ1) is 16.1. The second-order valence-electron chi connectivity index (χ2n) is 9.67. The van der Waals surface area contributed by atoms with Gasteiger partial charge in [0.15, 0.2) is 9.84 Å². The number of hydrogen-bond donors (Lipinski definition) is 1. The summed E-state index contributed by atoms with van der Waals surface area (Å²) in [4.78, 5) is 11.1. The van der Waals surface area contributed by atoms with E-state index in [0.29, 0.717) is 48.5 Å². The van der Waals surface area contributed by atoms with Gasteiger partial charge in [-0.2, -0.15) is 0 Å². The molecule has 2 atom stereocenters. The Bertz CT molecular complexity index is 1110. The van der Waals surface area contributed by atoms with Crippen molar-refractivity contribution in [3.63, 3.8) is 0 Å². The zero-order valence-electron chi connectivity index (χ0n) is 20.1. The number of morpholine rings is 1. The number of anilines is 2. The summed E-state index contributed by atoms with van der Waals surface area (Å²) >= 11 is 0. The first-order valence-corrected chi connectivity index (χ1v) is 13.6. The Balaban J connectivity index is 1.46. The lowest BCUT2D eigenvalue weighted by Crippen LogP contribution is -2.59. The van der Waals surface area contributed by atoms with Crippen LogP contribution in [0, 0.1) is 18.7 Å². The molecule has 0 aliphatic carbocycles. The van der Waals surface area contributed by atoms with E-state index < -0.39 is 15.7 Å². The normalized spacial score (nSPS) is 23.2. The molecule has 0 saturated carbocycles. The van der Waals surface area contributed by atoms with Crippen LogP contribution >= 0.6 is 0 Å². The molecule has 4 rings (SSSR count). The highest BCUT2D eigenvalue weighted by Crippen LogP contribution is 2.33. The number of sulfone groups is 1. The molecule has 2 fully saturated rings. The molecular weight excluding hydrogens is 459 g/mol. The van der Waals surface area contributed by atoms with Gasteiger partial charge in [0.2, 0.25) is 5.88 Å². The van der Waals surface area contributed by atoms with Crippen LogP contribution in [0.15, 0.2) is 29.4 Å². The van der Waals surface area contributed by atoms with Crippen LogP contribution in [0.1, 0.15) is 38.7 Å². The van der Waals surface area contributed by atoms with Crippen LogP contribution in [-0.2, 0) is 14.6 Å². The molecule has 1 aromatic carbocycles. The van der Waals surface area contributed by atoms with E-state index in [1.54, 1.807) is 0 Å². The molecule has 34 heavy (non-hydrogen) atoms. The Morgan fingerprint density at radius 1 is 1.24 bits per heavy atom. The van der Waals surface area contributed by atoms with Gasteiger partial charge in [-0.25, -0.2) is 22.8 Å². The van der Waals surface area contributed by atoms with Gasteiger partial charge in [-0.05, 0) is 44.0 Å². The molecule has 1 N–H and O–H groups in total. The van der Waals surface area contributed by atoms with Gasteiger partial charge in [-0.3, -0.25) is 4.90 Å². The maximum Gasteiger partial charge on any atom is 0.221 e. The Labute approximate surface area is 200 Å². The maximum absolute atomic E-state index is 14.5. The molecule has 0 spiro atoms. The van der Waals surface area contributed by atoms with E-state index in [-0.39, 0.29) is 16.7 Å². The molecule has 2 aliphatic rings. The molecule has 2 saturated heterocycles. The molecule has 8 nitrogen and oxygen atoms in total. The van der Waals surface area contributed by atoms with Crippen LogP contribution in [0.2, 0.25) is 0 Å². The van der Waals surface area contributed by atoms with Gasteiger partial charge in [0.1, 0.15) is 24.1 Å². The van der Waals surface area contributed by atoms with Crippen molar-refractivity contribution in [2.75, 3.05) is 31.3 Å². The van der Waals surface area contributed by atoms with E-state index in [1.165, 1.54) is 24.9 Å². The summed E-state index contributed by atoms with van der Waals surface area (Å²) in [5, 5.41) is 2.94. The van der Waals surface area contributed by atoms with Crippen LogP contribution < -0.4 is 10.1 Å². The fourth-order valence-corrected chi connectivity index (χ4v) is 5.23. The molecular formula is C24H33FN4O4S. The first kappa shape index (κ1) is 24.8. The molecule has 2 bridgehead atoms. The fraction of sp³-hybridized carbons (Fsp3) is 0.583. The molecule has 3 heterocycles. The summed E-state index contributed by atoms with van der Waals surface area (Å²) in [6.45, 7) is 8.82. The van der Waals surface area contributed by atoms with E-state index in [9.17, 15) is 12.8 Å². The maximum atomic E-state index is 14.5. The van der Waals surface area contributed by atoms with Crippen molar-refractivity contribution in [3.05, 3.63) is 35.9 Å². The van der Waals surface area contributed by atoms with Gasteiger partial charge in [-0.1, -0.05) is 13.8 Å². The van der Waals surface area contributed by atoms with E-state index in [4.69, 9.17) is 9.47 Å². The minimum absolute atomic E-state index is 0.0152. The summed E-state index contributed by atoms with van der Waals surface area (Å²) < 4.78 is 50.0. The zero-order chi connectivity index (χ0) is 24.5. The number of halogens is 1. The molecule has 0 unspecified atom stereocenters. The summed E-state index contributed by atoms with van der Waals surface area (Å²) in [7, 11) is -3.49. The number of rotatable bonds is 8. The average molecular weight is 493 g/mol. The standard InChI is InChI=1S/C24H33FN4O4S/c1-15(2)7-8-29-17-9-19(10-18(29)13-32-12-17)33-24-16(3)23(26-14-27-24)28-22-6-5-20(11-21(22)25)34(4,30)31/h5-6,11,14-15,17-19H,7-10,12-13H2,1-4H3,(H,26,27,28)/t17-,18-/m0/s1. The number of aromatic nitrogens is 2. The van der Waals surface area contributed by atoms with Crippen molar-refractivity contribution >= 4 is 21.3 Å². The van der Waals surface area contributed by atoms with Gasteiger partial charge in [0, 0.05) is 31.2 Å². The quantitative estimate of drug-likeness (QED) is 0.596. The Morgan fingerprint density at radius 3 is 2.56 bits per heavy atom. The highest BCUT2D eigenvalue weighted by atomic mass is 32.2. The van der Waals surface area contributed by atoms with Gasteiger partial charge in [0.05, 0.1) is 29.4 Å². The third-order valence-corrected chi connectivity index (χ3v) is 7.64. The summed E-state index contributed by atoms with van der Waals surface area (Å²) in [6.07, 6.45) is 5.34. The monoisotopic (exact) mass is 492 g/mol. The largest absolute Gasteiger partial charge is 0.474 e. The number of ether oxygens (including phenoxy) is 2. The van der Waals surface area contributed by atoms with Crippen LogP contribution in [0.25, 0.3) is 0 Å². The SMILES string of the molecule is Cc1c(Nc2ccc(S(C)(=O)=O)cc2F)ncnc1OC1C[C@H]2COC[C@H](C1)N2CCC(C)C. The van der Waals surface area contributed by atoms with Gasteiger partial charge in [-0.15, -0.1) is 0 Å². The van der Waals surface area contributed by atoms with Gasteiger partial charge < -0.3 is 14.8 Å². The molecule has 2 aromatic rings. The topological polar surface area (TPSA) is 93.7 Å². The highest BCUT2D eigenvalue weighted by Gasteiger charge is 2.40. The fourth-order valence-electron chi connectivity index (χ4n) is 4.60. The summed E-state index contributed by atoms with van der Waals surface area (Å²) in [6, 6.07) is 4.42. The molecule has 186 valence electrons. The molecule has 10 heteroatoms. The lowest BCUT2D eigenvalue weighted by atomic mass is 9.91.